The summed E-state index contributed by atoms with van der Waals surface area (Å²) in [4.78, 5) is 12.6. The van der Waals surface area contributed by atoms with Gasteiger partial charge in [-0.25, -0.2) is 0 Å². The van der Waals surface area contributed by atoms with E-state index in [1.165, 1.54) is 44.2 Å². The Hall–Kier alpha value is -1.66. The van der Waals surface area contributed by atoms with Crippen molar-refractivity contribution in [2.24, 2.45) is 0 Å². The molecule has 1 N–H and O–H groups in total. The Morgan fingerprint density at radius 3 is 2.78 bits per heavy atom. The van der Waals surface area contributed by atoms with Crippen molar-refractivity contribution in [3.8, 4) is 5.75 Å². The molecule has 0 bridgehead atoms. The van der Waals surface area contributed by atoms with Gasteiger partial charge in [0, 0.05) is 18.7 Å². The summed E-state index contributed by atoms with van der Waals surface area (Å²) < 4.78 is 5.51. The second-order valence-electron chi connectivity index (χ2n) is 6.10. The second-order valence-corrected chi connectivity index (χ2v) is 6.10. The fraction of sp³-hybridized carbons (Fsp3) is 0.647. The number of ether oxygens (including phenoxy) is 1. The van der Waals surface area contributed by atoms with E-state index in [0.717, 1.165) is 6.54 Å². The molecule has 128 valence electrons. The van der Waals surface area contributed by atoms with Gasteiger partial charge in [0.25, 0.3) is 5.69 Å². The Morgan fingerprint density at radius 1 is 1.39 bits per heavy atom. The third-order valence-electron chi connectivity index (χ3n) is 4.41. The van der Waals surface area contributed by atoms with Gasteiger partial charge in [-0.1, -0.05) is 32.3 Å². The van der Waals surface area contributed by atoms with Crippen molar-refractivity contribution in [2.45, 2.75) is 51.2 Å². The van der Waals surface area contributed by atoms with Crippen LogP contribution < -0.4 is 4.74 Å². The highest BCUT2D eigenvalue weighted by Crippen LogP contribution is 2.23. The van der Waals surface area contributed by atoms with Gasteiger partial charge < -0.3 is 9.84 Å². The van der Waals surface area contributed by atoms with Crippen LogP contribution in [0.5, 0.6) is 5.75 Å². The Morgan fingerprint density at radius 2 is 2.13 bits per heavy atom. The minimum absolute atomic E-state index is 0.00520. The Kier molecular flexibility index (Phi) is 6.80. The van der Waals surface area contributed by atoms with Gasteiger partial charge in [0.05, 0.1) is 11.0 Å². The zero-order valence-electron chi connectivity index (χ0n) is 13.7. The smallest absolute Gasteiger partial charge is 0.273 e. The molecule has 0 aromatic heterocycles. The highest BCUT2D eigenvalue weighted by molar-refractivity contribution is 5.37. The third-order valence-corrected chi connectivity index (χ3v) is 4.41. The van der Waals surface area contributed by atoms with E-state index in [0.29, 0.717) is 18.3 Å². The predicted molar refractivity (Wildman–Crippen MR) is 88.7 cm³/mol. The fourth-order valence-electron chi connectivity index (χ4n) is 3.19. The summed E-state index contributed by atoms with van der Waals surface area (Å²) in [7, 11) is 0. The van der Waals surface area contributed by atoms with Crippen LogP contribution in [0.3, 0.4) is 0 Å². The van der Waals surface area contributed by atoms with Crippen LogP contribution in [0, 0.1) is 10.1 Å². The summed E-state index contributed by atoms with van der Waals surface area (Å²) in [6.07, 6.45) is 5.64. The molecule has 0 saturated heterocycles. The van der Waals surface area contributed by atoms with Crippen LogP contribution in [0.15, 0.2) is 24.3 Å². The molecule has 1 saturated carbocycles. The van der Waals surface area contributed by atoms with E-state index >= 15 is 0 Å². The summed E-state index contributed by atoms with van der Waals surface area (Å²) in [6, 6.07) is 6.61. The molecule has 0 heterocycles. The summed E-state index contributed by atoms with van der Waals surface area (Å²) in [6.45, 7) is 3.75. The molecule has 0 amide bonds. The number of benzene rings is 1. The first-order valence-electron chi connectivity index (χ1n) is 8.39. The van der Waals surface area contributed by atoms with Crippen molar-refractivity contribution in [1.29, 1.82) is 0 Å². The number of nitrogens with zero attached hydrogens (tertiary/aromatic N) is 2. The van der Waals surface area contributed by atoms with Gasteiger partial charge in [-0.15, -0.1) is 0 Å². The monoisotopic (exact) mass is 322 g/mol. The van der Waals surface area contributed by atoms with Gasteiger partial charge in [-0.2, -0.15) is 0 Å². The van der Waals surface area contributed by atoms with Gasteiger partial charge >= 0.3 is 0 Å². The maximum Gasteiger partial charge on any atom is 0.273 e. The van der Waals surface area contributed by atoms with Crippen LogP contribution in [-0.4, -0.2) is 46.8 Å². The normalized spacial score (nSPS) is 17.2. The van der Waals surface area contributed by atoms with Crippen LogP contribution in [0.2, 0.25) is 0 Å². The summed E-state index contributed by atoms with van der Waals surface area (Å²) in [5, 5.41) is 21.0. The maximum atomic E-state index is 10.7. The van der Waals surface area contributed by atoms with E-state index < -0.39 is 11.0 Å². The molecule has 23 heavy (non-hydrogen) atoms. The standard InChI is InChI=1S/C17H26N2O4/c1-2-18(14-7-4-3-5-8-14)12-16(20)13-23-17-10-6-9-15(11-17)19(21)22/h6,9-11,14,16,20H,2-5,7-8,12-13H2,1H3. The number of hydrogen-bond donors (Lipinski definition) is 1. The predicted octanol–water partition coefficient (Wildman–Crippen LogP) is 2.99. The summed E-state index contributed by atoms with van der Waals surface area (Å²) in [5.41, 5.74) is -0.00520. The molecule has 1 atom stereocenters. The lowest BCUT2D eigenvalue weighted by molar-refractivity contribution is -0.384. The minimum Gasteiger partial charge on any atom is -0.491 e. The van der Waals surface area contributed by atoms with E-state index in [1.807, 2.05) is 0 Å². The third kappa shape index (κ3) is 5.48. The van der Waals surface area contributed by atoms with Crippen LogP contribution in [0.4, 0.5) is 5.69 Å². The first kappa shape index (κ1) is 17.7. The van der Waals surface area contributed by atoms with Crippen molar-refractivity contribution in [1.82, 2.24) is 4.90 Å². The zero-order valence-corrected chi connectivity index (χ0v) is 13.7. The molecule has 1 aromatic carbocycles. The molecule has 6 nitrogen and oxygen atoms in total. The first-order valence-corrected chi connectivity index (χ1v) is 8.39. The molecule has 6 heteroatoms. The quantitative estimate of drug-likeness (QED) is 0.588. The highest BCUT2D eigenvalue weighted by atomic mass is 16.6. The van der Waals surface area contributed by atoms with Gasteiger partial charge in [0.2, 0.25) is 0 Å². The van der Waals surface area contributed by atoms with E-state index in [1.54, 1.807) is 12.1 Å². The second kappa shape index (κ2) is 8.84. The Balaban J connectivity index is 1.82. The zero-order chi connectivity index (χ0) is 16.7. The summed E-state index contributed by atoms with van der Waals surface area (Å²) in [5.74, 6) is 0.416. The molecule has 1 unspecified atom stereocenters. The molecular formula is C17H26N2O4. The average Bonchev–Trinajstić information content (AvgIpc) is 2.59. The number of rotatable bonds is 8. The van der Waals surface area contributed by atoms with Crippen molar-refractivity contribution in [2.75, 3.05) is 19.7 Å². The number of aliphatic hydroxyl groups is 1. The lowest BCUT2D eigenvalue weighted by atomic mass is 9.94. The van der Waals surface area contributed by atoms with Crippen LogP contribution >= 0.6 is 0 Å². The molecule has 0 aliphatic heterocycles. The number of aliphatic hydroxyl groups excluding tert-OH is 1. The van der Waals surface area contributed by atoms with Gasteiger partial charge in [-0.05, 0) is 25.5 Å². The molecule has 1 aromatic rings. The van der Waals surface area contributed by atoms with Gasteiger partial charge in [0.1, 0.15) is 18.5 Å². The highest BCUT2D eigenvalue weighted by Gasteiger charge is 2.22. The number of nitro benzene ring substituents is 1. The van der Waals surface area contributed by atoms with Crippen LogP contribution in [0.1, 0.15) is 39.0 Å². The van der Waals surface area contributed by atoms with Crippen LogP contribution in [-0.2, 0) is 0 Å². The number of likely N-dealkylation sites (N-methyl/N-ethyl adjacent to an activating group) is 1. The Labute approximate surface area is 137 Å². The lowest BCUT2D eigenvalue weighted by Gasteiger charge is -2.34. The SMILES string of the molecule is CCN(CC(O)COc1cccc([N+](=O)[O-])c1)C1CCCCC1. The van der Waals surface area contributed by atoms with Gasteiger partial charge in [-0.3, -0.25) is 15.0 Å². The van der Waals surface area contributed by atoms with Crippen molar-refractivity contribution in [3.05, 3.63) is 34.4 Å². The average molecular weight is 322 g/mol. The molecule has 0 radical (unpaired) electrons. The van der Waals surface area contributed by atoms with Crippen molar-refractivity contribution < 1.29 is 14.8 Å². The number of nitro groups is 1. The van der Waals surface area contributed by atoms with Crippen molar-refractivity contribution >= 4 is 5.69 Å². The maximum absolute atomic E-state index is 10.7. The van der Waals surface area contributed by atoms with E-state index in [4.69, 9.17) is 4.74 Å². The summed E-state index contributed by atoms with van der Waals surface area (Å²) >= 11 is 0. The molecule has 2 rings (SSSR count). The van der Waals surface area contributed by atoms with E-state index in [2.05, 4.69) is 11.8 Å². The first-order chi connectivity index (χ1) is 11.1. The van der Waals surface area contributed by atoms with E-state index in [-0.39, 0.29) is 12.3 Å². The number of non-ortho nitro benzene ring substituents is 1. The largest absolute Gasteiger partial charge is 0.491 e. The molecular weight excluding hydrogens is 296 g/mol. The molecule has 1 aliphatic carbocycles. The molecule has 1 fully saturated rings. The van der Waals surface area contributed by atoms with Crippen LogP contribution in [0.25, 0.3) is 0 Å². The Bertz CT molecular complexity index is 503. The number of hydrogen-bond acceptors (Lipinski definition) is 5. The molecule has 0 spiro atoms. The van der Waals surface area contributed by atoms with E-state index in [9.17, 15) is 15.2 Å². The lowest BCUT2D eigenvalue weighted by Crippen LogP contribution is -2.43. The topological polar surface area (TPSA) is 75.8 Å². The van der Waals surface area contributed by atoms with Crippen molar-refractivity contribution in [3.63, 3.8) is 0 Å². The minimum atomic E-state index is -0.601. The molecule has 1 aliphatic rings. The van der Waals surface area contributed by atoms with Gasteiger partial charge in [0.15, 0.2) is 0 Å². The fourth-order valence-corrected chi connectivity index (χ4v) is 3.19.